The van der Waals surface area contributed by atoms with Crippen LogP contribution in [0.4, 0.5) is 0 Å². The van der Waals surface area contributed by atoms with Gasteiger partial charge in [0.05, 0.1) is 6.10 Å². The summed E-state index contributed by atoms with van der Waals surface area (Å²) >= 11 is 0. The molecule has 0 amide bonds. The van der Waals surface area contributed by atoms with Gasteiger partial charge < -0.3 is 15.2 Å². The molecule has 21 heavy (non-hydrogen) atoms. The summed E-state index contributed by atoms with van der Waals surface area (Å²) in [4.78, 5) is 0. The quantitative estimate of drug-likeness (QED) is 0.730. The van der Waals surface area contributed by atoms with E-state index in [4.69, 9.17) is 9.84 Å². The fourth-order valence-corrected chi connectivity index (χ4v) is 2.44. The molecule has 0 aliphatic rings. The molecule has 3 heteroatoms. The van der Waals surface area contributed by atoms with Crippen LogP contribution in [0.25, 0.3) is 10.8 Å². The minimum atomic E-state index is 0.166. The lowest BCUT2D eigenvalue weighted by Crippen LogP contribution is -2.17. The SMILES string of the molecule is CC(C)Oc1ccc2ccccc2c1CNCCCCO. The maximum absolute atomic E-state index is 8.82. The molecule has 0 fully saturated rings. The largest absolute Gasteiger partial charge is 0.491 e. The Kier molecular flexibility index (Phi) is 6.03. The highest BCUT2D eigenvalue weighted by Gasteiger charge is 2.09. The second-order valence-electron chi connectivity index (χ2n) is 5.54. The van der Waals surface area contributed by atoms with Gasteiger partial charge in [0.1, 0.15) is 5.75 Å². The number of ether oxygens (including phenoxy) is 1. The second kappa shape index (κ2) is 8.01. The number of rotatable bonds is 8. The molecule has 0 aliphatic carbocycles. The Bertz CT molecular complexity index is 566. The first kappa shape index (κ1) is 15.8. The second-order valence-corrected chi connectivity index (χ2v) is 5.54. The van der Waals surface area contributed by atoms with Crippen molar-refractivity contribution < 1.29 is 9.84 Å². The van der Waals surface area contributed by atoms with Crippen LogP contribution in [0.1, 0.15) is 32.3 Å². The van der Waals surface area contributed by atoms with E-state index in [1.807, 2.05) is 13.8 Å². The first-order chi connectivity index (χ1) is 10.2. The molecule has 0 spiro atoms. The maximum atomic E-state index is 8.82. The molecule has 0 aliphatic heterocycles. The van der Waals surface area contributed by atoms with Crippen LogP contribution in [0.2, 0.25) is 0 Å². The third-order valence-electron chi connectivity index (χ3n) is 3.42. The van der Waals surface area contributed by atoms with Crippen molar-refractivity contribution in [1.29, 1.82) is 0 Å². The van der Waals surface area contributed by atoms with Crippen molar-refractivity contribution in [1.82, 2.24) is 5.32 Å². The number of fused-ring (bicyclic) bond motifs is 1. The summed E-state index contributed by atoms with van der Waals surface area (Å²) in [5.41, 5.74) is 1.21. The van der Waals surface area contributed by atoms with Crippen LogP contribution >= 0.6 is 0 Å². The molecule has 0 bridgehead atoms. The summed E-state index contributed by atoms with van der Waals surface area (Å²) in [5.74, 6) is 0.957. The highest BCUT2D eigenvalue weighted by Crippen LogP contribution is 2.28. The molecule has 0 aromatic heterocycles. The van der Waals surface area contributed by atoms with Crippen molar-refractivity contribution in [2.45, 2.75) is 39.3 Å². The van der Waals surface area contributed by atoms with Gasteiger partial charge in [-0.05, 0) is 50.1 Å². The summed E-state index contributed by atoms with van der Waals surface area (Å²) < 4.78 is 5.95. The number of hydrogen-bond donors (Lipinski definition) is 2. The van der Waals surface area contributed by atoms with Gasteiger partial charge in [-0.25, -0.2) is 0 Å². The van der Waals surface area contributed by atoms with Crippen LogP contribution in [0.5, 0.6) is 5.75 Å². The van der Waals surface area contributed by atoms with Gasteiger partial charge in [-0.2, -0.15) is 0 Å². The van der Waals surface area contributed by atoms with Gasteiger partial charge >= 0.3 is 0 Å². The average Bonchev–Trinajstić information content (AvgIpc) is 2.48. The molecule has 2 aromatic carbocycles. The van der Waals surface area contributed by atoms with Gasteiger partial charge in [-0.3, -0.25) is 0 Å². The van der Waals surface area contributed by atoms with Crippen LogP contribution in [0.3, 0.4) is 0 Å². The molecule has 2 rings (SSSR count). The number of unbranched alkanes of at least 4 members (excludes halogenated alkanes) is 1. The number of benzene rings is 2. The van der Waals surface area contributed by atoms with Crippen molar-refractivity contribution >= 4 is 10.8 Å². The standard InChI is InChI=1S/C18H25NO2/c1-14(2)21-18-10-9-15-7-3-4-8-16(15)17(18)13-19-11-5-6-12-20/h3-4,7-10,14,19-20H,5-6,11-13H2,1-2H3. The summed E-state index contributed by atoms with van der Waals surface area (Å²) in [6, 6.07) is 12.6. The van der Waals surface area contributed by atoms with Crippen molar-refractivity contribution in [2.75, 3.05) is 13.2 Å². The molecule has 0 radical (unpaired) electrons. The summed E-state index contributed by atoms with van der Waals surface area (Å²) in [6.07, 6.45) is 2.00. The normalized spacial score (nSPS) is 11.2. The van der Waals surface area contributed by atoms with Crippen molar-refractivity contribution in [2.24, 2.45) is 0 Å². The van der Waals surface area contributed by atoms with Crippen molar-refractivity contribution in [3.63, 3.8) is 0 Å². The molecule has 2 N–H and O–H groups in total. The summed E-state index contributed by atoms with van der Waals surface area (Å²) in [6.45, 7) is 6.05. The first-order valence-corrected chi connectivity index (χ1v) is 7.71. The molecular formula is C18H25NO2. The average molecular weight is 287 g/mol. The van der Waals surface area contributed by atoms with Crippen molar-refractivity contribution in [3.8, 4) is 5.75 Å². The molecule has 0 atom stereocenters. The van der Waals surface area contributed by atoms with E-state index in [0.29, 0.717) is 0 Å². The Balaban J connectivity index is 2.19. The van der Waals surface area contributed by atoms with Crippen LogP contribution in [0, 0.1) is 0 Å². The minimum Gasteiger partial charge on any atom is -0.491 e. The predicted octanol–water partition coefficient (Wildman–Crippen LogP) is 3.49. The van der Waals surface area contributed by atoms with E-state index in [0.717, 1.165) is 31.7 Å². The van der Waals surface area contributed by atoms with Crippen LogP contribution in [0.15, 0.2) is 36.4 Å². The smallest absolute Gasteiger partial charge is 0.124 e. The fraction of sp³-hybridized carbons (Fsp3) is 0.444. The van der Waals surface area contributed by atoms with Gasteiger partial charge in [-0.1, -0.05) is 30.3 Å². The Labute approximate surface area is 126 Å². The molecule has 0 saturated carbocycles. The molecular weight excluding hydrogens is 262 g/mol. The fourth-order valence-electron chi connectivity index (χ4n) is 2.44. The van der Waals surface area contributed by atoms with Crippen molar-refractivity contribution in [3.05, 3.63) is 42.0 Å². The molecule has 2 aromatic rings. The van der Waals surface area contributed by atoms with E-state index in [1.54, 1.807) is 0 Å². The van der Waals surface area contributed by atoms with Gasteiger partial charge in [0.25, 0.3) is 0 Å². The first-order valence-electron chi connectivity index (χ1n) is 7.71. The van der Waals surface area contributed by atoms with Gasteiger partial charge in [0.15, 0.2) is 0 Å². The van der Waals surface area contributed by atoms with Gasteiger partial charge in [0, 0.05) is 18.7 Å². The summed E-state index contributed by atoms with van der Waals surface area (Å²) in [5, 5.41) is 14.7. The van der Waals surface area contributed by atoms with Crippen LogP contribution in [-0.2, 0) is 6.54 Å². The zero-order valence-electron chi connectivity index (χ0n) is 12.9. The van der Waals surface area contributed by atoms with Crippen LogP contribution in [-0.4, -0.2) is 24.4 Å². The number of aliphatic hydroxyl groups excluding tert-OH is 1. The van der Waals surface area contributed by atoms with Crippen LogP contribution < -0.4 is 10.1 Å². The minimum absolute atomic E-state index is 0.166. The molecule has 0 heterocycles. The van der Waals surface area contributed by atoms with E-state index in [-0.39, 0.29) is 12.7 Å². The Hall–Kier alpha value is -1.58. The van der Waals surface area contributed by atoms with E-state index >= 15 is 0 Å². The number of nitrogens with one attached hydrogen (secondary N) is 1. The summed E-state index contributed by atoms with van der Waals surface area (Å²) in [7, 11) is 0. The zero-order chi connectivity index (χ0) is 15.1. The highest BCUT2D eigenvalue weighted by atomic mass is 16.5. The lowest BCUT2D eigenvalue weighted by atomic mass is 10.0. The molecule has 0 unspecified atom stereocenters. The van der Waals surface area contributed by atoms with E-state index in [1.165, 1.54) is 16.3 Å². The van der Waals surface area contributed by atoms with Gasteiger partial charge in [0.2, 0.25) is 0 Å². The Morgan fingerprint density at radius 2 is 1.90 bits per heavy atom. The lowest BCUT2D eigenvalue weighted by molar-refractivity contribution is 0.240. The third kappa shape index (κ3) is 4.45. The zero-order valence-corrected chi connectivity index (χ0v) is 12.9. The maximum Gasteiger partial charge on any atom is 0.124 e. The highest BCUT2D eigenvalue weighted by molar-refractivity contribution is 5.87. The number of hydrogen-bond acceptors (Lipinski definition) is 3. The van der Waals surface area contributed by atoms with E-state index in [2.05, 4.69) is 41.7 Å². The Morgan fingerprint density at radius 1 is 1.10 bits per heavy atom. The topological polar surface area (TPSA) is 41.5 Å². The lowest BCUT2D eigenvalue weighted by Gasteiger charge is -2.17. The molecule has 0 saturated heterocycles. The monoisotopic (exact) mass is 287 g/mol. The third-order valence-corrected chi connectivity index (χ3v) is 3.42. The predicted molar refractivity (Wildman–Crippen MR) is 87.7 cm³/mol. The van der Waals surface area contributed by atoms with Gasteiger partial charge in [-0.15, -0.1) is 0 Å². The number of aliphatic hydroxyl groups is 1. The molecule has 114 valence electrons. The van der Waals surface area contributed by atoms with E-state index in [9.17, 15) is 0 Å². The molecule has 3 nitrogen and oxygen atoms in total. The van der Waals surface area contributed by atoms with E-state index < -0.39 is 0 Å². The Morgan fingerprint density at radius 3 is 2.67 bits per heavy atom.